The Morgan fingerprint density at radius 3 is 2.57 bits per heavy atom. The van der Waals surface area contributed by atoms with Crippen LogP contribution >= 0.6 is 31.9 Å². The molecule has 0 aromatic heterocycles. The van der Waals surface area contributed by atoms with E-state index in [1.807, 2.05) is 12.1 Å². The number of esters is 1. The maximum atomic E-state index is 11.9. The maximum Gasteiger partial charge on any atom is 0.337 e. The van der Waals surface area contributed by atoms with E-state index >= 15 is 0 Å². The molecule has 0 radical (unpaired) electrons. The van der Waals surface area contributed by atoms with Gasteiger partial charge in [0.25, 0.3) is 5.91 Å². The first kappa shape index (κ1) is 17.5. The van der Waals surface area contributed by atoms with Crippen LogP contribution in [0, 0.1) is 0 Å². The first-order valence-electron chi connectivity index (χ1n) is 6.55. The van der Waals surface area contributed by atoms with Gasteiger partial charge in [0.05, 0.1) is 17.1 Å². The Morgan fingerprint density at radius 1 is 1.13 bits per heavy atom. The number of hydrogen-bond acceptors (Lipinski definition) is 4. The molecule has 1 N–H and O–H groups in total. The molecule has 0 saturated carbocycles. The lowest BCUT2D eigenvalue weighted by molar-refractivity contribution is -0.118. The van der Waals surface area contributed by atoms with Gasteiger partial charge in [0.1, 0.15) is 5.75 Å². The van der Waals surface area contributed by atoms with Crippen LogP contribution in [0.1, 0.15) is 10.4 Å². The van der Waals surface area contributed by atoms with Crippen molar-refractivity contribution in [2.45, 2.75) is 0 Å². The van der Waals surface area contributed by atoms with Crippen LogP contribution in [0.3, 0.4) is 0 Å². The molecule has 0 spiro atoms. The Kier molecular flexibility index (Phi) is 6.18. The number of halogens is 2. The molecule has 0 fully saturated rings. The van der Waals surface area contributed by atoms with Crippen molar-refractivity contribution in [3.63, 3.8) is 0 Å². The molecule has 7 heteroatoms. The molecule has 1 amide bonds. The molecule has 0 atom stereocenters. The highest BCUT2D eigenvalue weighted by Gasteiger charge is 2.11. The molecule has 0 aliphatic heterocycles. The minimum absolute atomic E-state index is 0.150. The third kappa shape index (κ3) is 5.07. The third-order valence-corrected chi connectivity index (χ3v) is 3.93. The topological polar surface area (TPSA) is 64.6 Å². The van der Waals surface area contributed by atoms with Gasteiger partial charge in [-0.25, -0.2) is 4.79 Å². The predicted molar refractivity (Wildman–Crippen MR) is 93.7 cm³/mol. The van der Waals surface area contributed by atoms with E-state index in [-0.39, 0.29) is 12.5 Å². The Hall–Kier alpha value is -1.86. The van der Waals surface area contributed by atoms with E-state index in [1.165, 1.54) is 7.11 Å². The quantitative estimate of drug-likeness (QED) is 0.710. The first-order valence-corrected chi connectivity index (χ1v) is 8.14. The zero-order valence-electron chi connectivity index (χ0n) is 12.1. The SMILES string of the molecule is COC(=O)c1ccc(OCC(=O)Nc2cccc(Br)c2)c(Br)c1. The fraction of sp³-hybridized carbons (Fsp3) is 0.125. The molecular formula is C16H13Br2NO4. The van der Waals surface area contributed by atoms with Crippen LogP contribution in [0.4, 0.5) is 5.69 Å². The van der Waals surface area contributed by atoms with Crippen LogP contribution in [0.25, 0.3) is 0 Å². The normalized spacial score (nSPS) is 10.0. The molecule has 2 rings (SSSR count). The molecule has 0 unspecified atom stereocenters. The van der Waals surface area contributed by atoms with Gasteiger partial charge in [0.15, 0.2) is 6.61 Å². The van der Waals surface area contributed by atoms with Crippen molar-refractivity contribution >= 4 is 49.4 Å². The Labute approximate surface area is 150 Å². The summed E-state index contributed by atoms with van der Waals surface area (Å²) in [5.74, 6) is -0.265. The number of nitrogens with one attached hydrogen (secondary N) is 1. The van der Waals surface area contributed by atoms with E-state index in [1.54, 1.807) is 30.3 Å². The standard InChI is InChI=1S/C16H13Br2NO4/c1-22-16(21)10-5-6-14(13(18)7-10)23-9-15(20)19-12-4-2-3-11(17)8-12/h2-8H,9H2,1H3,(H,19,20). The molecule has 0 aliphatic carbocycles. The van der Waals surface area contributed by atoms with Crippen molar-refractivity contribution in [3.05, 3.63) is 57.0 Å². The number of methoxy groups -OCH3 is 1. The molecule has 0 saturated heterocycles. The van der Waals surface area contributed by atoms with E-state index in [0.717, 1.165) is 4.47 Å². The van der Waals surface area contributed by atoms with Gasteiger partial charge in [0, 0.05) is 10.2 Å². The summed E-state index contributed by atoms with van der Waals surface area (Å²) in [6.45, 7) is -0.150. The van der Waals surface area contributed by atoms with Crippen molar-refractivity contribution in [3.8, 4) is 5.75 Å². The second-order valence-electron chi connectivity index (χ2n) is 4.48. The summed E-state index contributed by atoms with van der Waals surface area (Å²) in [5, 5.41) is 2.73. The summed E-state index contributed by atoms with van der Waals surface area (Å²) in [5.41, 5.74) is 1.07. The van der Waals surface area contributed by atoms with Gasteiger partial charge in [-0.3, -0.25) is 4.79 Å². The summed E-state index contributed by atoms with van der Waals surface area (Å²) >= 11 is 6.64. The minimum Gasteiger partial charge on any atom is -0.483 e. The van der Waals surface area contributed by atoms with Gasteiger partial charge in [-0.2, -0.15) is 0 Å². The van der Waals surface area contributed by atoms with E-state index in [9.17, 15) is 9.59 Å². The van der Waals surface area contributed by atoms with Crippen molar-refractivity contribution in [1.82, 2.24) is 0 Å². The fourth-order valence-electron chi connectivity index (χ4n) is 1.77. The summed E-state index contributed by atoms with van der Waals surface area (Å²) in [6, 6.07) is 12.0. The van der Waals surface area contributed by atoms with Crippen LogP contribution in [-0.4, -0.2) is 25.6 Å². The van der Waals surface area contributed by atoms with E-state index in [0.29, 0.717) is 21.5 Å². The lowest BCUT2D eigenvalue weighted by atomic mass is 10.2. The van der Waals surface area contributed by atoms with Gasteiger partial charge in [-0.05, 0) is 52.3 Å². The van der Waals surface area contributed by atoms with E-state index in [4.69, 9.17) is 4.74 Å². The second-order valence-corrected chi connectivity index (χ2v) is 6.25. The molecule has 0 heterocycles. The number of amides is 1. The van der Waals surface area contributed by atoms with Crippen LogP contribution in [0.2, 0.25) is 0 Å². The lowest BCUT2D eigenvalue weighted by Gasteiger charge is -2.10. The lowest BCUT2D eigenvalue weighted by Crippen LogP contribution is -2.20. The monoisotopic (exact) mass is 441 g/mol. The number of hydrogen-bond donors (Lipinski definition) is 1. The van der Waals surface area contributed by atoms with Crippen LogP contribution < -0.4 is 10.1 Å². The number of ether oxygens (including phenoxy) is 2. The summed E-state index contributed by atoms with van der Waals surface area (Å²) in [4.78, 5) is 23.3. The highest BCUT2D eigenvalue weighted by molar-refractivity contribution is 9.10. The minimum atomic E-state index is -0.440. The number of benzene rings is 2. The van der Waals surface area contributed by atoms with Crippen molar-refractivity contribution in [2.24, 2.45) is 0 Å². The molecule has 120 valence electrons. The van der Waals surface area contributed by atoms with E-state index in [2.05, 4.69) is 41.9 Å². The zero-order chi connectivity index (χ0) is 16.8. The molecule has 2 aromatic carbocycles. The predicted octanol–water partition coefficient (Wildman–Crippen LogP) is 4.02. The molecule has 0 bridgehead atoms. The largest absolute Gasteiger partial charge is 0.483 e. The summed E-state index contributed by atoms with van der Waals surface area (Å²) in [7, 11) is 1.31. The van der Waals surface area contributed by atoms with Crippen LogP contribution in [0.15, 0.2) is 51.4 Å². The fourth-order valence-corrected chi connectivity index (χ4v) is 2.66. The van der Waals surface area contributed by atoms with Crippen molar-refractivity contribution < 1.29 is 19.1 Å². The van der Waals surface area contributed by atoms with Crippen molar-refractivity contribution in [2.75, 3.05) is 19.0 Å². The Morgan fingerprint density at radius 2 is 1.91 bits per heavy atom. The zero-order valence-corrected chi connectivity index (χ0v) is 15.3. The first-order chi connectivity index (χ1) is 11.0. The molecule has 5 nitrogen and oxygen atoms in total. The molecule has 0 aliphatic rings. The maximum absolute atomic E-state index is 11.9. The third-order valence-electron chi connectivity index (χ3n) is 2.82. The number of carbonyl (C=O) groups is 2. The van der Waals surface area contributed by atoms with Gasteiger partial charge >= 0.3 is 5.97 Å². The summed E-state index contributed by atoms with van der Waals surface area (Å²) in [6.07, 6.45) is 0. The van der Waals surface area contributed by atoms with Crippen LogP contribution in [-0.2, 0) is 9.53 Å². The summed E-state index contributed by atoms with van der Waals surface area (Å²) < 4.78 is 11.5. The van der Waals surface area contributed by atoms with Crippen molar-refractivity contribution in [1.29, 1.82) is 0 Å². The van der Waals surface area contributed by atoms with Gasteiger partial charge in [-0.15, -0.1) is 0 Å². The Balaban J connectivity index is 1.95. The van der Waals surface area contributed by atoms with E-state index < -0.39 is 5.97 Å². The molecular weight excluding hydrogens is 430 g/mol. The molecule has 23 heavy (non-hydrogen) atoms. The number of rotatable bonds is 5. The smallest absolute Gasteiger partial charge is 0.337 e. The number of carbonyl (C=O) groups excluding carboxylic acids is 2. The Bertz CT molecular complexity index is 734. The average Bonchev–Trinajstić information content (AvgIpc) is 2.53. The second kappa shape index (κ2) is 8.12. The average molecular weight is 443 g/mol. The highest BCUT2D eigenvalue weighted by Crippen LogP contribution is 2.26. The highest BCUT2D eigenvalue weighted by atomic mass is 79.9. The van der Waals surface area contributed by atoms with Gasteiger partial charge in [0.2, 0.25) is 0 Å². The molecule has 2 aromatic rings. The van der Waals surface area contributed by atoms with Gasteiger partial charge < -0.3 is 14.8 Å². The van der Waals surface area contributed by atoms with Gasteiger partial charge in [-0.1, -0.05) is 22.0 Å². The van der Waals surface area contributed by atoms with Crippen LogP contribution in [0.5, 0.6) is 5.75 Å². The number of anilines is 1.